The molecule has 0 saturated carbocycles. The molecule has 0 bridgehead atoms. The molecule has 0 aliphatic carbocycles. The van der Waals surface area contributed by atoms with Crippen LogP contribution in [0, 0.1) is 0 Å². The Morgan fingerprint density at radius 2 is 2.14 bits per heavy atom. The third-order valence-corrected chi connectivity index (χ3v) is 4.44. The average Bonchev–Trinajstić information content (AvgIpc) is 3.03. The van der Waals surface area contributed by atoms with Crippen molar-refractivity contribution in [2.24, 2.45) is 0 Å². The lowest BCUT2D eigenvalue weighted by molar-refractivity contribution is 0.0935. The fraction of sp³-hybridized carbons (Fsp3) is 0.333. The number of hydrogen-bond acceptors (Lipinski definition) is 4. The molecule has 2 atom stereocenters. The van der Waals surface area contributed by atoms with Crippen molar-refractivity contribution in [1.29, 1.82) is 0 Å². The van der Waals surface area contributed by atoms with Gasteiger partial charge in [-0.25, -0.2) is 4.98 Å². The quantitative estimate of drug-likeness (QED) is 0.852. The Bertz CT molecular complexity index is 565. The van der Waals surface area contributed by atoms with Gasteiger partial charge >= 0.3 is 0 Å². The zero-order valence-corrected chi connectivity index (χ0v) is 12.9. The van der Waals surface area contributed by atoms with Gasteiger partial charge in [0.1, 0.15) is 5.82 Å². The van der Waals surface area contributed by atoms with Crippen molar-refractivity contribution < 1.29 is 9.90 Å². The lowest BCUT2D eigenvalue weighted by Crippen LogP contribution is -2.41. The summed E-state index contributed by atoms with van der Waals surface area (Å²) in [4.78, 5) is 16.4. The first kappa shape index (κ1) is 15.6. The van der Waals surface area contributed by atoms with E-state index >= 15 is 0 Å². The van der Waals surface area contributed by atoms with E-state index in [4.69, 9.17) is 0 Å². The zero-order valence-electron chi connectivity index (χ0n) is 12.1. The SMILES string of the molecule is CSC(CO)C(C)NC(=O)c1ccc(-n2cccc2)nc1. The molecular formula is C15H19N3O2S. The number of amides is 1. The molecule has 2 heterocycles. The van der Waals surface area contributed by atoms with Gasteiger partial charge in [-0.1, -0.05) is 0 Å². The van der Waals surface area contributed by atoms with Crippen LogP contribution < -0.4 is 5.32 Å². The first-order valence-corrected chi connectivity index (χ1v) is 7.98. The molecule has 2 N–H and O–H groups in total. The molecule has 1 amide bonds. The summed E-state index contributed by atoms with van der Waals surface area (Å²) in [6, 6.07) is 7.28. The van der Waals surface area contributed by atoms with Gasteiger partial charge in [0.25, 0.3) is 5.91 Å². The molecule has 5 nitrogen and oxygen atoms in total. The van der Waals surface area contributed by atoms with Crippen molar-refractivity contribution in [2.45, 2.75) is 18.2 Å². The smallest absolute Gasteiger partial charge is 0.253 e. The Morgan fingerprint density at radius 1 is 1.43 bits per heavy atom. The molecule has 2 aromatic rings. The van der Waals surface area contributed by atoms with E-state index in [1.807, 2.05) is 42.3 Å². The molecule has 21 heavy (non-hydrogen) atoms. The summed E-state index contributed by atoms with van der Waals surface area (Å²) < 4.78 is 1.87. The number of nitrogens with one attached hydrogen (secondary N) is 1. The molecule has 0 aliphatic heterocycles. The van der Waals surface area contributed by atoms with Gasteiger partial charge in [0.15, 0.2) is 0 Å². The third kappa shape index (κ3) is 3.86. The average molecular weight is 305 g/mol. The number of carbonyl (C=O) groups is 1. The molecule has 0 aromatic carbocycles. The van der Waals surface area contributed by atoms with E-state index in [2.05, 4.69) is 10.3 Å². The number of rotatable bonds is 6. The molecule has 0 aliphatic rings. The number of thioether (sulfide) groups is 1. The van der Waals surface area contributed by atoms with E-state index in [0.29, 0.717) is 5.56 Å². The Kier molecular flexibility index (Phi) is 5.41. The summed E-state index contributed by atoms with van der Waals surface area (Å²) >= 11 is 1.53. The maximum absolute atomic E-state index is 12.1. The summed E-state index contributed by atoms with van der Waals surface area (Å²) in [6.07, 6.45) is 7.27. The molecule has 112 valence electrons. The van der Waals surface area contributed by atoms with Crippen molar-refractivity contribution in [1.82, 2.24) is 14.9 Å². The van der Waals surface area contributed by atoms with Crippen LogP contribution in [0.4, 0.5) is 0 Å². The van der Waals surface area contributed by atoms with Gasteiger partial charge in [-0.2, -0.15) is 11.8 Å². The largest absolute Gasteiger partial charge is 0.395 e. The summed E-state index contributed by atoms with van der Waals surface area (Å²) in [6.45, 7) is 1.92. The van der Waals surface area contributed by atoms with Crippen LogP contribution in [0.25, 0.3) is 5.82 Å². The summed E-state index contributed by atoms with van der Waals surface area (Å²) in [5, 5.41) is 12.1. The molecule has 0 fully saturated rings. The van der Waals surface area contributed by atoms with E-state index in [-0.39, 0.29) is 23.8 Å². The van der Waals surface area contributed by atoms with Crippen LogP contribution in [-0.4, -0.2) is 44.7 Å². The normalized spacial score (nSPS) is 13.7. The minimum absolute atomic E-state index is 0.0129. The van der Waals surface area contributed by atoms with E-state index in [9.17, 15) is 9.90 Å². The maximum atomic E-state index is 12.1. The first-order valence-electron chi connectivity index (χ1n) is 6.69. The van der Waals surface area contributed by atoms with Crippen LogP contribution in [-0.2, 0) is 0 Å². The van der Waals surface area contributed by atoms with Gasteiger partial charge in [-0.05, 0) is 37.4 Å². The van der Waals surface area contributed by atoms with Crippen molar-refractivity contribution in [3.63, 3.8) is 0 Å². The highest BCUT2D eigenvalue weighted by molar-refractivity contribution is 7.99. The molecule has 0 saturated heterocycles. The van der Waals surface area contributed by atoms with Crippen LogP contribution >= 0.6 is 11.8 Å². The Labute approximate surface area is 128 Å². The van der Waals surface area contributed by atoms with Crippen molar-refractivity contribution in [3.05, 3.63) is 48.4 Å². The van der Waals surface area contributed by atoms with Gasteiger partial charge in [-0.3, -0.25) is 4.79 Å². The van der Waals surface area contributed by atoms with Gasteiger partial charge in [0, 0.05) is 29.9 Å². The second kappa shape index (κ2) is 7.28. The predicted octanol–water partition coefficient (Wildman–Crippen LogP) is 1.71. The van der Waals surface area contributed by atoms with Crippen molar-refractivity contribution >= 4 is 17.7 Å². The fourth-order valence-corrected chi connectivity index (χ4v) is 2.61. The Morgan fingerprint density at radius 3 is 2.67 bits per heavy atom. The Balaban J connectivity index is 2.03. The number of pyridine rings is 1. The van der Waals surface area contributed by atoms with E-state index in [1.54, 1.807) is 18.3 Å². The number of aliphatic hydroxyl groups excluding tert-OH is 1. The standard InChI is InChI=1S/C15H19N3O2S/c1-11(13(10-19)21-2)17-15(20)12-5-6-14(16-9-12)18-7-3-4-8-18/h3-9,11,13,19H,10H2,1-2H3,(H,17,20). The fourth-order valence-electron chi connectivity index (χ4n) is 1.98. The second-order valence-corrected chi connectivity index (χ2v) is 5.79. The highest BCUT2D eigenvalue weighted by atomic mass is 32.2. The van der Waals surface area contributed by atoms with Gasteiger partial charge in [0.05, 0.1) is 12.2 Å². The number of aliphatic hydroxyl groups is 1. The molecular weight excluding hydrogens is 286 g/mol. The van der Waals surface area contributed by atoms with Crippen LogP contribution in [0.1, 0.15) is 17.3 Å². The van der Waals surface area contributed by atoms with E-state index in [0.717, 1.165) is 5.82 Å². The van der Waals surface area contributed by atoms with Crippen LogP contribution in [0.2, 0.25) is 0 Å². The second-order valence-electron chi connectivity index (χ2n) is 4.71. The maximum Gasteiger partial charge on any atom is 0.253 e. The molecule has 2 unspecified atom stereocenters. The van der Waals surface area contributed by atoms with Gasteiger partial charge in [-0.15, -0.1) is 0 Å². The lowest BCUT2D eigenvalue weighted by atomic mass is 10.2. The molecule has 0 radical (unpaired) electrons. The van der Waals surface area contributed by atoms with Gasteiger partial charge in [0.2, 0.25) is 0 Å². The van der Waals surface area contributed by atoms with E-state index in [1.165, 1.54) is 11.8 Å². The number of nitrogens with zero attached hydrogens (tertiary/aromatic N) is 2. The zero-order chi connectivity index (χ0) is 15.2. The van der Waals surface area contributed by atoms with Crippen molar-refractivity contribution in [3.8, 4) is 5.82 Å². The lowest BCUT2D eigenvalue weighted by Gasteiger charge is -2.21. The first-order chi connectivity index (χ1) is 10.2. The number of hydrogen-bond donors (Lipinski definition) is 2. The highest BCUT2D eigenvalue weighted by Gasteiger charge is 2.18. The van der Waals surface area contributed by atoms with E-state index < -0.39 is 0 Å². The molecule has 6 heteroatoms. The number of carbonyl (C=O) groups excluding carboxylic acids is 1. The third-order valence-electron chi connectivity index (χ3n) is 3.28. The Hall–Kier alpha value is -1.79. The minimum Gasteiger partial charge on any atom is -0.395 e. The molecule has 2 aromatic heterocycles. The molecule has 0 spiro atoms. The van der Waals surface area contributed by atoms with Crippen LogP contribution in [0.15, 0.2) is 42.9 Å². The summed E-state index contributed by atoms with van der Waals surface area (Å²) in [7, 11) is 0. The van der Waals surface area contributed by atoms with Gasteiger partial charge < -0.3 is 15.0 Å². The van der Waals surface area contributed by atoms with Crippen LogP contribution in [0.5, 0.6) is 0 Å². The monoisotopic (exact) mass is 305 g/mol. The van der Waals surface area contributed by atoms with Crippen LogP contribution in [0.3, 0.4) is 0 Å². The molecule has 2 rings (SSSR count). The summed E-state index contributed by atoms with van der Waals surface area (Å²) in [5.74, 6) is 0.587. The minimum atomic E-state index is -0.179. The summed E-state index contributed by atoms with van der Waals surface area (Å²) in [5.41, 5.74) is 0.510. The predicted molar refractivity (Wildman–Crippen MR) is 84.9 cm³/mol. The topological polar surface area (TPSA) is 67.2 Å². The highest BCUT2D eigenvalue weighted by Crippen LogP contribution is 2.11. The van der Waals surface area contributed by atoms with Crippen molar-refractivity contribution in [2.75, 3.05) is 12.9 Å². The number of aromatic nitrogens is 2.